The Morgan fingerprint density at radius 1 is 1.39 bits per heavy atom. The van der Waals surface area contributed by atoms with Crippen molar-refractivity contribution in [3.8, 4) is 0 Å². The summed E-state index contributed by atoms with van der Waals surface area (Å²) in [6, 6.07) is 0. The van der Waals surface area contributed by atoms with E-state index in [1.54, 1.807) is 0 Å². The second-order valence-corrected chi connectivity index (χ2v) is 8.76. The van der Waals surface area contributed by atoms with Crippen LogP contribution in [0.5, 0.6) is 0 Å². The lowest BCUT2D eigenvalue weighted by Crippen LogP contribution is -2.40. The van der Waals surface area contributed by atoms with Crippen LogP contribution in [0.25, 0.3) is 0 Å². The van der Waals surface area contributed by atoms with Gasteiger partial charge < -0.3 is 14.6 Å². The zero-order valence-electron chi connectivity index (χ0n) is 17.3. The number of carbonyl (C=O) groups is 2. The van der Waals surface area contributed by atoms with Crippen LogP contribution in [-0.2, 0) is 19.1 Å². The van der Waals surface area contributed by atoms with Gasteiger partial charge in [0.05, 0.1) is 18.4 Å². The molecule has 0 radical (unpaired) electrons. The molecule has 28 heavy (non-hydrogen) atoms. The summed E-state index contributed by atoms with van der Waals surface area (Å²) in [7, 11) is 0. The zero-order valence-corrected chi connectivity index (χ0v) is 17.3. The van der Waals surface area contributed by atoms with Crippen molar-refractivity contribution in [1.29, 1.82) is 0 Å². The van der Waals surface area contributed by atoms with Crippen molar-refractivity contribution >= 4 is 11.9 Å². The molecule has 0 amide bonds. The van der Waals surface area contributed by atoms with Crippen molar-refractivity contribution < 1.29 is 24.2 Å². The SMILES string of the molecule is CC[C@H](C)C(=O)OC1CCC=C2C=C[C@H](C)[C@H](CCC3C[C@@H](O)CC(=O)O3)C21. The Morgan fingerprint density at radius 3 is 2.89 bits per heavy atom. The number of esters is 2. The smallest absolute Gasteiger partial charge is 0.308 e. The maximum absolute atomic E-state index is 12.4. The number of hydrogen-bond donors (Lipinski definition) is 1. The monoisotopic (exact) mass is 390 g/mol. The van der Waals surface area contributed by atoms with Crippen LogP contribution in [0.4, 0.5) is 0 Å². The van der Waals surface area contributed by atoms with E-state index < -0.39 is 6.10 Å². The Kier molecular flexibility index (Phi) is 6.97. The van der Waals surface area contributed by atoms with Gasteiger partial charge in [-0.15, -0.1) is 0 Å². The first-order valence-electron chi connectivity index (χ1n) is 10.8. The Balaban J connectivity index is 1.70. The van der Waals surface area contributed by atoms with Crippen LogP contribution in [-0.4, -0.2) is 35.4 Å². The van der Waals surface area contributed by atoms with E-state index in [1.807, 2.05) is 13.8 Å². The number of fused-ring (bicyclic) bond motifs is 1. The maximum Gasteiger partial charge on any atom is 0.308 e. The Hall–Kier alpha value is -1.62. The summed E-state index contributed by atoms with van der Waals surface area (Å²) < 4.78 is 11.4. The predicted octanol–water partition coefficient (Wildman–Crippen LogP) is 3.95. The summed E-state index contributed by atoms with van der Waals surface area (Å²) in [6.07, 6.45) is 10.6. The normalized spacial score (nSPS) is 36.1. The summed E-state index contributed by atoms with van der Waals surface area (Å²) in [4.78, 5) is 24.1. The number of allylic oxidation sites excluding steroid dienone is 3. The molecule has 1 heterocycles. The largest absolute Gasteiger partial charge is 0.462 e. The van der Waals surface area contributed by atoms with E-state index in [1.165, 1.54) is 5.57 Å². The quantitative estimate of drug-likeness (QED) is 0.695. The highest BCUT2D eigenvalue weighted by atomic mass is 16.5. The van der Waals surface area contributed by atoms with Crippen LogP contribution in [0.2, 0.25) is 0 Å². The van der Waals surface area contributed by atoms with Crippen LogP contribution in [0.15, 0.2) is 23.8 Å². The van der Waals surface area contributed by atoms with Crippen LogP contribution in [0.3, 0.4) is 0 Å². The second-order valence-electron chi connectivity index (χ2n) is 8.76. The molecule has 1 aliphatic heterocycles. The van der Waals surface area contributed by atoms with Gasteiger partial charge in [0.2, 0.25) is 0 Å². The lowest BCUT2D eigenvalue weighted by atomic mass is 9.66. The topological polar surface area (TPSA) is 72.8 Å². The third-order valence-corrected chi connectivity index (χ3v) is 6.69. The number of cyclic esters (lactones) is 1. The minimum Gasteiger partial charge on any atom is -0.462 e. The first-order valence-corrected chi connectivity index (χ1v) is 10.8. The summed E-state index contributed by atoms with van der Waals surface area (Å²) in [5, 5.41) is 9.86. The Labute approximate surface area is 168 Å². The standard InChI is InChI=1S/C23H34O5/c1-4-14(2)23(26)28-20-7-5-6-16-9-8-15(3)19(22(16)20)11-10-18-12-17(24)13-21(25)27-18/h6,8-9,14-15,17-20,22,24H,4-5,7,10-13H2,1-3H3/t14-,15-,17+,18?,19-,20?,22?/m0/s1. The molecule has 0 aromatic carbocycles. The van der Waals surface area contributed by atoms with Crippen molar-refractivity contribution in [3.63, 3.8) is 0 Å². The number of hydrogen-bond acceptors (Lipinski definition) is 5. The van der Waals surface area contributed by atoms with E-state index in [0.29, 0.717) is 18.3 Å². The molecule has 156 valence electrons. The fourth-order valence-corrected chi connectivity index (χ4v) is 4.80. The number of aliphatic hydroxyl groups excluding tert-OH is 1. The van der Waals surface area contributed by atoms with E-state index in [4.69, 9.17) is 9.47 Å². The van der Waals surface area contributed by atoms with Crippen molar-refractivity contribution in [2.45, 2.75) is 84.0 Å². The number of ether oxygens (including phenoxy) is 2. The number of carbonyl (C=O) groups excluding carboxylic acids is 2. The summed E-state index contributed by atoms with van der Waals surface area (Å²) in [5.74, 6) is 0.426. The third-order valence-electron chi connectivity index (χ3n) is 6.69. The maximum atomic E-state index is 12.4. The average Bonchev–Trinajstić information content (AvgIpc) is 2.66. The van der Waals surface area contributed by atoms with Gasteiger partial charge >= 0.3 is 11.9 Å². The highest BCUT2D eigenvalue weighted by Crippen LogP contribution is 2.44. The lowest BCUT2D eigenvalue weighted by molar-refractivity contribution is -0.162. The van der Waals surface area contributed by atoms with Gasteiger partial charge in [0, 0.05) is 12.3 Å². The molecule has 7 atom stereocenters. The van der Waals surface area contributed by atoms with E-state index in [-0.39, 0.29) is 42.4 Å². The Bertz CT molecular complexity index is 637. The highest BCUT2D eigenvalue weighted by Gasteiger charge is 2.40. The van der Waals surface area contributed by atoms with Gasteiger partial charge in [-0.3, -0.25) is 9.59 Å². The summed E-state index contributed by atoms with van der Waals surface area (Å²) in [5.41, 5.74) is 1.27. The van der Waals surface area contributed by atoms with Gasteiger partial charge in [-0.25, -0.2) is 0 Å². The lowest BCUT2D eigenvalue weighted by Gasteiger charge is -2.42. The molecular weight excluding hydrogens is 356 g/mol. The second kappa shape index (κ2) is 9.25. The molecular formula is C23H34O5. The van der Waals surface area contributed by atoms with Crippen molar-refractivity contribution in [1.82, 2.24) is 0 Å². The molecule has 5 heteroatoms. The van der Waals surface area contributed by atoms with Crippen LogP contribution in [0, 0.1) is 23.7 Å². The Morgan fingerprint density at radius 2 is 2.18 bits per heavy atom. The van der Waals surface area contributed by atoms with Gasteiger partial charge in [-0.05, 0) is 49.5 Å². The van der Waals surface area contributed by atoms with Crippen LogP contribution >= 0.6 is 0 Å². The number of rotatable bonds is 6. The van der Waals surface area contributed by atoms with Crippen molar-refractivity contribution in [2.24, 2.45) is 23.7 Å². The first-order chi connectivity index (χ1) is 13.4. The molecule has 0 bridgehead atoms. The molecule has 2 aliphatic carbocycles. The van der Waals surface area contributed by atoms with E-state index in [0.717, 1.165) is 32.1 Å². The van der Waals surface area contributed by atoms with Gasteiger partial charge in [0.15, 0.2) is 0 Å². The van der Waals surface area contributed by atoms with Crippen LogP contribution in [0.1, 0.15) is 65.7 Å². The molecule has 1 fully saturated rings. The minimum absolute atomic E-state index is 0.0764. The van der Waals surface area contributed by atoms with Crippen LogP contribution < -0.4 is 0 Å². The summed E-state index contributed by atoms with van der Waals surface area (Å²) >= 11 is 0. The molecule has 3 rings (SSSR count). The van der Waals surface area contributed by atoms with E-state index in [9.17, 15) is 14.7 Å². The first kappa shape index (κ1) is 21.1. The molecule has 0 aromatic heterocycles. The predicted molar refractivity (Wildman–Crippen MR) is 106 cm³/mol. The van der Waals surface area contributed by atoms with Crippen molar-refractivity contribution in [2.75, 3.05) is 0 Å². The highest BCUT2D eigenvalue weighted by molar-refractivity contribution is 5.72. The molecule has 1 N–H and O–H groups in total. The fraction of sp³-hybridized carbons (Fsp3) is 0.739. The van der Waals surface area contributed by atoms with Gasteiger partial charge in [-0.2, -0.15) is 0 Å². The molecule has 1 saturated heterocycles. The van der Waals surface area contributed by atoms with Gasteiger partial charge in [0.1, 0.15) is 12.2 Å². The zero-order chi connectivity index (χ0) is 20.3. The van der Waals surface area contributed by atoms with E-state index in [2.05, 4.69) is 25.2 Å². The van der Waals surface area contributed by atoms with Crippen molar-refractivity contribution in [3.05, 3.63) is 23.8 Å². The average molecular weight is 391 g/mol. The fourth-order valence-electron chi connectivity index (χ4n) is 4.80. The molecule has 3 unspecified atom stereocenters. The molecule has 0 spiro atoms. The van der Waals surface area contributed by atoms with Gasteiger partial charge in [0.25, 0.3) is 0 Å². The summed E-state index contributed by atoms with van der Waals surface area (Å²) in [6.45, 7) is 6.14. The molecule has 5 nitrogen and oxygen atoms in total. The van der Waals surface area contributed by atoms with Gasteiger partial charge in [-0.1, -0.05) is 39.0 Å². The number of aliphatic hydroxyl groups is 1. The minimum atomic E-state index is -0.593. The molecule has 0 aromatic rings. The molecule has 3 aliphatic rings. The molecule has 0 saturated carbocycles. The third kappa shape index (κ3) is 4.86. The van der Waals surface area contributed by atoms with E-state index >= 15 is 0 Å².